The van der Waals surface area contributed by atoms with Gasteiger partial charge in [-0.25, -0.2) is 4.21 Å². The van der Waals surface area contributed by atoms with Crippen LogP contribution in [0.25, 0.3) is 0 Å². The fourth-order valence-electron chi connectivity index (χ4n) is 1.45. The van der Waals surface area contributed by atoms with E-state index in [2.05, 4.69) is 5.32 Å². The van der Waals surface area contributed by atoms with Gasteiger partial charge in [0.1, 0.15) is 18.5 Å². The van der Waals surface area contributed by atoms with Gasteiger partial charge in [-0.1, -0.05) is 7.43 Å². The van der Waals surface area contributed by atoms with Crippen molar-refractivity contribution in [2.24, 2.45) is 0 Å². The van der Waals surface area contributed by atoms with Gasteiger partial charge in [-0.15, -0.1) is 0 Å². The molecule has 0 spiro atoms. The Balaban J connectivity index is 0.00000441. The number of carbonyl (C=O) groups excluding carboxylic acids is 1. The molecule has 1 rings (SSSR count). The number of rotatable bonds is 9. The quantitative estimate of drug-likeness (QED) is 0.670. The first-order valence-electron chi connectivity index (χ1n) is 6.54. The smallest absolute Gasteiger partial charge is 0.229 e. The fourth-order valence-corrected chi connectivity index (χ4v) is 1.67. The van der Waals surface area contributed by atoms with E-state index in [1.165, 1.54) is 5.37 Å². The number of hydrogen-bond acceptors (Lipinski definition) is 5. The molecule has 124 valence electrons. The molecule has 1 aromatic carbocycles. The summed E-state index contributed by atoms with van der Waals surface area (Å²) in [5.74, 6) is 0.337. The maximum atomic E-state index is 11.4. The van der Waals surface area contributed by atoms with Crippen molar-refractivity contribution < 1.29 is 23.6 Å². The van der Waals surface area contributed by atoms with Crippen LogP contribution in [-0.2, 0) is 20.8 Å². The summed E-state index contributed by atoms with van der Waals surface area (Å²) >= 11 is 0.268. The van der Waals surface area contributed by atoms with Gasteiger partial charge in [0, 0.05) is 17.7 Å². The van der Waals surface area contributed by atoms with Crippen LogP contribution < -0.4 is 10.1 Å². The van der Waals surface area contributed by atoms with Crippen LogP contribution in [-0.4, -0.2) is 46.5 Å². The number of hydrogen-bond donors (Lipinski definition) is 2. The minimum absolute atomic E-state index is 0. The standard InChI is InChI=1S/C14H19NO5S.CH4/c1-2-19-9-12(16)10-20-13-5-3-11(4-6-13)15-14(17)7-8-21-18;/h3-6,8,12,16H,2,7,9-10H2,1H3,(H,15,17);1H4. The fraction of sp³-hybridized carbons (Fsp3) is 0.467. The molecule has 7 heteroatoms. The predicted octanol–water partition coefficient (Wildman–Crippen LogP) is 1.44. The van der Waals surface area contributed by atoms with Crippen molar-refractivity contribution in [3.8, 4) is 5.75 Å². The largest absolute Gasteiger partial charge is 0.491 e. The summed E-state index contributed by atoms with van der Waals surface area (Å²) in [6, 6.07) is 6.75. The SMILES string of the molecule is C.CCOCC(O)COc1ccc(NC(=O)CC=S=O)cc1. The average Bonchev–Trinajstić information content (AvgIpc) is 2.50. The van der Waals surface area contributed by atoms with Crippen LogP contribution in [0.1, 0.15) is 20.8 Å². The lowest BCUT2D eigenvalue weighted by Crippen LogP contribution is -2.23. The molecule has 1 unspecified atom stereocenters. The highest BCUT2D eigenvalue weighted by molar-refractivity contribution is 7.64. The Bertz CT molecular complexity index is 485. The van der Waals surface area contributed by atoms with Crippen LogP contribution in [0.3, 0.4) is 0 Å². The summed E-state index contributed by atoms with van der Waals surface area (Å²) in [6.07, 6.45) is -0.611. The Hall–Kier alpha value is -1.70. The Labute approximate surface area is 134 Å². The highest BCUT2D eigenvalue weighted by atomic mass is 32.1. The van der Waals surface area contributed by atoms with Crippen molar-refractivity contribution in [3.05, 3.63) is 24.3 Å². The van der Waals surface area contributed by atoms with E-state index < -0.39 is 6.10 Å². The lowest BCUT2D eigenvalue weighted by atomic mass is 10.3. The highest BCUT2D eigenvalue weighted by Gasteiger charge is 2.05. The molecule has 0 fully saturated rings. The van der Waals surface area contributed by atoms with Gasteiger partial charge in [-0.05, 0) is 31.2 Å². The van der Waals surface area contributed by atoms with Crippen LogP contribution in [0, 0.1) is 0 Å². The first-order valence-corrected chi connectivity index (χ1v) is 7.35. The molecule has 1 aromatic rings. The van der Waals surface area contributed by atoms with E-state index in [9.17, 15) is 14.1 Å². The zero-order valence-electron chi connectivity index (χ0n) is 11.8. The van der Waals surface area contributed by atoms with Gasteiger partial charge < -0.3 is 19.9 Å². The average molecular weight is 329 g/mol. The lowest BCUT2D eigenvalue weighted by molar-refractivity contribution is -0.115. The molecule has 0 heterocycles. The Kier molecular flexibility index (Phi) is 11.0. The molecule has 0 aliphatic heterocycles. The van der Waals surface area contributed by atoms with Gasteiger partial charge >= 0.3 is 0 Å². The number of benzene rings is 1. The van der Waals surface area contributed by atoms with E-state index in [0.717, 1.165) is 0 Å². The summed E-state index contributed by atoms with van der Waals surface area (Å²) in [7, 11) is 0. The number of anilines is 1. The summed E-state index contributed by atoms with van der Waals surface area (Å²) in [6.45, 7) is 2.78. The topological polar surface area (TPSA) is 84.9 Å². The second-order valence-corrected chi connectivity index (χ2v) is 4.69. The van der Waals surface area contributed by atoms with E-state index in [4.69, 9.17) is 9.47 Å². The minimum Gasteiger partial charge on any atom is -0.491 e. The van der Waals surface area contributed by atoms with E-state index in [0.29, 0.717) is 18.0 Å². The summed E-state index contributed by atoms with van der Waals surface area (Å²) < 4.78 is 20.6. The van der Waals surface area contributed by atoms with Gasteiger partial charge in [0.2, 0.25) is 5.91 Å². The Morgan fingerprint density at radius 1 is 1.36 bits per heavy atom. The van der Waals surface area contributed by atoms with Crippen LogP contribution in [0.15, 0.2) is 24.3 Å². The molecule has 6 nitrogen and oxygen atoms in total. The molecular formula is C15H23NO5S. The molecule has 1 atom stereocenters. The zero-order valence-corrected chi connectivity index (χ0v) is 12.6. The maximum absolute atomic E-state index is 11.4. The number of amides is 1. The van der Waals surface area contributed by atoms with Gasteiger partial charge in [0.15, 0.2) is 0 Å². The van der Waals surface area contributed by atoms with Crippen molar-refractivity contribution in [1.82, 2.24) is 0 Å². The van der Waals surface area contributed by atoms with Gasteiger partial charge in [0.05, 0.1) is 24.3 Å². The van der Waals surface area contributed by atoms with Crippen molar-refractivity contribution in [1.29, 1.82) is 0 Å². The second kappa shape index (κ2) is 11.9. The van der Waals surface area contributed by atoms with Crippen LogP contribution in [0.2, 0.25) is 0 Å². The number of nitrogens with one attached hydrogen (secondary N) is 1. The van der Waals surface area contributed by atoms with Crippen molar-refractivity contribution in [2.75, 3.05) is 25.1 Å². The van der Waals surface area contributed by atoms with Gasteiger partial charge in [-0.2, -0.15) is 0 Å². The van der Waals surface area contributed by atoms with Crippen LogP contribution >= 0.6 is 0 Å². The second-order valence-electron chi connectivity index (χ2n) is 4.16. The number of carbonyl (C=O) groups is 1. The molecular weight excluding hydrogens is 306 g/mol. The predicted molar refractivity (Wildman–Crippen MR) is 88.6 cm³/mol. The molecule has 1 amide bonds. The molecule has 0 aliphatic carbocycles. The molecule has 0 bridgehead atoms. The molecule has 22 heavy (non-hydrogen) atoms. The molecule has 0 aromatic heterocycles. The van der Waals surface area contributed by atoms with Gasteiger partial charge in [0.25, 0.3) is 0 Å². The molecule has 0 saturated heterocycles. The third kappa shape index (κ3) is 8.56. The summed E-state index contributed by atoms with van der Waals surface area (Å²) in [5.41, 5.74) is 0.617. The normalized spacial score (nSPS) is 11.0. The Morgan fingerprint density at radius 3 is 2.64 bits per heavy atom. The third-order valence-corrected chi connectivity index (χ3v) is 2.73. The number of aliphatic hydroxyl groups is 1. The summed E-state index contributed by atoms with van der Waals surface area (Å²) in [4.78, 5) is 11.4. The number of ether oxygens (including phenoxy) is 2. The first kappa shape index (κ1) is 20.3. The van der Waals surface area contributed by atoms with Crippen LogP contribution in [0.4, 0.5) is 5.69 Å². The molecule has 2 N–H and O–H groups in total. The van der Waals surface area contributed by atoms with Gasteiger partial charge in [-0.3, -0.25) is 4.79 Å². The Morgan fingerprint density at radius 2 is 2.05 bits per heavy atom. The van der Waals surface area contributed by atoms with E-state index in [1.807, 2.05) is 6.92 Å². The zero-order chi connectivity index (χ0) is 15.5. The van der Waals surface area contributed by atoms with Crippen molar-refractivity contribution in [2.45, 2.75) is 26.9 Å². The van der Waals surface area contributed by atoms with E-state index in [-0.39, 0.29) is 44.2 Å². The maximum Gasteiger partial charge on any atom is 0.229 e. The number of aliphatic hydroxyl groups excluding tert-OH is 1. The van der Waals surface area contributed by atoms with Crippen molar-refractivity contribution in [3.63, 3.8) is 0 Å². The van der Waals surface area contributed by atoms with E-state index in [1.54, 1.807) is 24.3 Å². The summed E-state index contributed by atoms with van der Waals surface area (Å²) in [5, 5.41) is 13.5. The first-order chi connectivity index (χ1) is 10.2. The van der Waals surface area contributed by atoms with Crippen molar-refractivity contribution >= 4 is 28.2 Å². The molecule has 0 saturated carbocycles. The molecule has 0 radical (unpaired) electrons. The third-order valence-electron chi connectivity index (χ3n) is 2.43. The highest BCUT2D eigenvalue weighted by Crippen LogP contribution is 2.16. The molecule has 0 aliphatic rings. The minimum atomic E-state index is -0.676. The lowest BCUT2D eigenvalue weighted by Gasteiger charge is -2.12. The van der Waals surface area contributed by atoms with Crippen LogP contribution in [0.5, 0.6) is 5.75 Å². The van der Waals surface area contributed by atoms with E-state index >= 15 is 0 Å². The monoisotopic (exact) mass is 329 g/mol.